The highest BCUT2D eigenvalue weighted by atomic mass is 16.4. The van der Waals surface area contributed by atoms with Gasteiger partial charge in [-0.05, 0) is 42.9 Å². The number of hydrogen-bond acceptors (Lipinski definition) is 2. The van der Waals surface area contributed by atoms with E-state index in [1.54, 1.807) is 12.1 Å². The van der Waals surface area contributed by atoms with Crippen molar-refractivity contribution in [3.05, 3.63) is 29.6 Å². The molecule has 1 atom stereocenters. The van der Waals surface area contributed by atoms with E-state index < -0.39 is 5.97 Å². The van der Waals surface area contributed by atoms with Gasteiger partial charge in [0.2, 0.25) is 0 Å². The smallest absolute Gasteiger partial charge is 0.335 e. The van der Waals surface area contributed by atoms with Gasteiger partial charge in [0, 0.05) is 13.0 Å². The number of carboxylic acids is 1. The summed E-state index contributed by atoms with van der Waals surface area (Å²) in [6.45, 7) is 5.38. The van der Waals surface area contributed by atoms with Crippen LogP contribution >= 0.6 is 0 Å². The lowest BCUT2D eigenvalue weighted by Gasteiger charge is -2.14. The second kappa shape index (κ2) is 4.93. The van der Waals surface area contributed by atoms with Gasteiger partial charge in [-0.25, -0.2) is 9.78 Å². The number of imidazole rings is 1. The fourth-order valence-corrected chi connectivity index (χ4v) is 2.89. The third kappa shape index (κ3) is 2.30. The molecule has 1 N–H and O–H groups in total. The lowest BCUT2D eigenvalue weighted by Crippen LogP contribution is -2.12. The van der Waals surface area contributed by atoms with Crippen LogP contribution in [0.15, 0.2) is 18.2 Å². The molecule has 1 heterocycles. The first-order valence-corrected chi connectivity index (χ1v) is 7.32. The number of fused-ring (bicyclic) bond motifs is 1. The fraction of sp³-hybridized carbons (Fsp3) is 0.500. The molecule has 1 aromatic carbocycles. The van der Waals surface area contributed by atoms with Crippen molar-refractivity contribution in [3.8, 4) is 0 Å². The molecular weight excluding hydrogens is 252 g/mol. The Morgan fingerprint density at radius 1 is 1.50 bits per heavy atom. The van der Waals surface area contributed by atoms with Gasteiger partial charge < -0.3 is 9.67 Å². The molecule has 1 aliphatic carbocycles. The van der Waals surface area contributed by atoms with Gasteiger partial charge in [0.05, 0.1) is 16.6 Å². The maximum absolute atomic E-state index is 11.0. The van der Waals surface area contributed by atoms with Crippen LogP contribution < -0.4 is 0 Å². The number of hydrogen-bond donors (Lipinski definition) is 1. The van der Waals surface area contributed by atoms with Crippen LogP contribution in [-0.4, -0.2) is 20.6 Å². The van der Waals surface area contributed by atoms with Crippen LogP contribution in [0.4, 0.5) is 0 Å². The number of aromatic carboxylic acids is 1. The first-order chi connectivity index (χ1) is 9.60. The summed E-state index contributed by atoms with van der Waals surface area (Å²) in [5.74, 6) is 1.67. The third-order valence-electron chi connectivity index (χ3n) is 4.29. The van der Waals surface area contributed by atoms with Crippen molar-refractivity contribution in [2.24, 2.45) is 11.8 Å². The van der Waals surface area contributed by atoms with Gasteiger partial charge in [0.1, 0.15) is 5.82 Å². The summed E-state index contributed by atoms with van der Waals surface area (Å²) in [5, 5.41) is 9.07. The van der Waals surface area contributed by atoms with Crippen LogP contribution in [0.5, 0.6) is 0 Å². The Balaban J connectivity index is 2.02. The molecule has 1 unspecified atom stereocenters. The van der Waals surface area contributed by atoms with Crippen molar-refractivity contribution in [3.63, 3.8) is 0 Å². The van der Waals surface area contributed by atoms with Crippen molar-refractivity contribution in [2.45, 2.75) is 39.7 Å². The van der Waals surface area contributed by atoms with Crippen molar-refractivity contribution >= 4 is 17.0 Å². The third-order valence-corrected chi connectivity index (χ3v) is 4.29. The highest BCUT2D eigenvalue weighted by Crippen LogP contribution is 2.38. The maximum Gasteiger partial charge on any atom is 0.335 e. The molecule has 0 amide bonds. The number of aromatic nitrogens is 2. The number of carboxylic acid groups (broad SMARTS) is 1. The Kier molecular flexibility index (Phi) is 3.24. The summed E-state index contributed by atoms with van der Waals surface area (Å²) < 4.78 is 2.27. The summed E-state index contributed by atoms with van der Waals surface area (Å²) in [5.41, 5.74) is 2.16. The van der Waals surface area contributed by atoms with Gasteiger partial charge in [-0.15, -0.1) is 0 Å². The molecule has 1 aliphatic rings. The van der Waals surface area contributed by atoms with Crippen LogP contribution in [0, 0.1) is 11.8 Å². The Hall–Kier alpha value is -1.84. The Morgan fingerprint density at radius 3 is 2.85 bits per heavy atom. The van der Waals surface area contributed by atoms with Crippen molar-refractivity contribution in [2.75, 3.05) is 0 Å². The number of rotatable bonds is 5. The zero-order chi connectivity index (χ0) is 14.3. The predicted octanol–water partition coefficient (Wildman–Crippen LogP) is 3.34. The van der Waals surface area contributed by atoms with Gasteiger partial charge in [-0.2, -0.15) is 0 Å². The molecule has 0 saturated heterocycles. The molecule has 0 radical (unpaired) electrons. The molecule has 1 fully saturated rings. The van der Waals surface area contributed by atoms with Crippen molar-refractivity contribution in [1.82, 2.24) is 9.55 Å². The Bertz CT molecular complexity index is 656. The monoisotopic (exact) mass is 272 g/mol. The highest BCUT2D eigenvalue weighted by Gasteiger charge is 2.28. The van der Waals surface area contributed by atoms with E-state index in [2.05, 4.69) is 23.4 Å². The topological polar surface area (TPSA) is 55.1 Å². The van der Waals surface area contributed by atoms with E-state index in [-0.39, 0.29) is 0 Å². The molecule has 0 bridgehead atoms. The van der Waals surface area contributed by atoms with E-state index in [1.807, 2.05) is 6.07 Å². The molecule has 0 aliphatic heterocycles. The minimum absolute atomic E-state index is 0.306. The van der Waals surface area contributed by atoms with E-state index in [4.69, 9.17) is 5.11 Å². The van der Waals surface area contributed by atoms with Crippen LogP contribution in [-0.2, 0) is 13.0 Å². The second-order valence-electron chi connectivity index (χ2n) is 5.82. The minimum Gasteiger partial charge on any atom is -0.478 e. The largest absolute Gasteiger partial charge is 0.478 e. The molecule has 4 heteroatoms. The van der Waals surface area contributed by atoms with Crippen LogP contribution in [0.1, 0.15) is 42.9 Å². The zero-order valence-electron chi connectivity index (χ0n) is 12.0. The average molecular weight is 272 g/mol. The summed E-state index contributed by atoms with van der Waals surface area (Å²) in [7, 11) is 0. The molecule has 0 spiro atoms. The quantitative estimate of drug-likeness (QED) is 0.908. The standard InChI is InChI=1S/C16H20N2O2/c1-3-15-17-13-8-12(16(19)20)6-7-14(13)18(15)9-10(2)11-4-5-11/h6-8,10-11H,3-5,9H2,1-2H3,(H,19,20). The Morgan fingerprint density at radius 2 is 2.25 bits per heavy atom. The molecule has 20 heavy (non-hydrogen) atoms. The van der Waals surface area contributed by atoms with E-state index in [0.29, 0.717) is 11.5 Å². The summed E-state index contributed by atoms with van der Waals surface area (Å²) in [6.07, 6.45) is 3.56. The summed E-state index contributed by atoms with van der Waals surface area (Å²) >= 11 is 0. The predicted molar refractivity (Wildman–Crippen MR) is 78.0 cm³/mol. The minimum atomic E-state index is -0.897. The van der Waals surface area contributed by atoms with Crippen LogP contribution in [0.25, 0.3) is 11.0 Å². The summed E-state index contributed by atoms with van der Waals surface area (Å²) in [6, 6.07) is 5.24. The number of benzene rings is 1. The van der Waals surface area contributed by atoms with Gasteiger partial charge in [0.25, 0.3) is 0 Å². The average Bonchev–Trinajstić information content (AvgIpc) is 3.22. The van der Waals surface area contributed by atoms with Crippen LogP contribution in [0.2, 0.25) is 0 Å². The van der Waals surface area contributed by atoms with Gasteiger partial charge >= 0.3 is 5.97 Å². The van der Waals surface area contributed by atoms with Gasteiger partial charge in [0.15, 0.2) is 0 Å². The zero-order valence-corrected chi connectivity index (χ0v) is 12.0. The first kappa shape index (κ1) is 13.2. The van der Waals surface area contributed by atoms with E-state index in [1.165, 1.54) is 12.8 Å². The molecule has 1 saturated carbocycles. The molecule has 4 nitrogen and oxygen atoms in total. The van der Waals surface area contributed by atoms with Crippen molar-refractivity contribution < 1.29 is 9.90 Å². The first-order valence-electron chi connectivity index (χ1n) is 7.32. The molecule has 1 aromatic heterocycles. The number of nitrogens with zero attached hydrogens (tertiary/aromatic N) is 2. The molecule has 2 aromatic rings. The van der Waals surface area contributed by atoms with Gasteiger partial charge in [-0.3, -0.25) is 0 Å². The van der Waals surface area contributed by atoms with Crippen LogP contribution in [0.3, 0.4) is 0 Å². The van der Waals surface area contributed by atoms with Crippen molar-refractivity contribution in [1.29, 1.82) is 0 Å². The number of carbonyl (C=O) groups is 1. The molecule has 106 valence electrons. The molecular formula is C16H20N2O2. The lowest BCUT2D eigenvalue weighted by molar-refractivity contribution is 0.0697. The van der Waals surface area contributed by atoms with E-state index in [9.17, 15) is 4.79 Å². The normalized spacial score (nSPS) is 16.5. The molecule has 3 rings (SSSR count). The lowest BCUT2D eigenvalue weighted by atomic mass is 10.1. The highest BCUT2D eigenvalue weighted by molar-refractivity contribution is 5.92. The van der Waals surface area contributed by atoms with E-state index in [0.717, 1.165) is 35.7 Å². The fourth-order valence-electron chi connectivity index (χ4n) is 2.89. The second-order valence-corrected chi connectivity index (χ2v) is 5.82. The van der Waals surface area contributed by atoms with Gasteiger partial charge in [-0.1, -0.05) is 13.8 Å². The maximum atomic E-state index is 11.0. The number of aryl methyl sites for hydroxylation is 1. The summed E-state index contributed by atoms with van der Waals surface area (Å²) in [4.78, 5) is 15.7. The Labute approximate surface area is 118 Å². The van der Waals surface area contributed by atoms with E-state index >= 15 is 0 Å². The SMILES string of the molecule is CCc1nc2cc(C(=O)O)ccc2n1CC(C)C1CC1.